The lowest BCUT2D eigenvalue weighted by atomic mass is 10.3. The largest absolute Gasteiger partial charge is 0.508 e. The van der Waals surface area contributed by atoms with Crippen LogP contribution in [0.1, 0.15) is 0 Å². The van der Waals surface area contributed by atoms with E-state index in [9.17, 15) is 13.5 Å². The number of hydrogen-bond donors (Lipinski definition) is 4. The molecule has 0 radical (unpaired) electrons. The van der Waals surface area contributed by atoms with Crippen molar-refractivity contribution in [2.24, 2.45) is 0 Å². The number of anilines is 1. The maximum Gasteiger partial charge on any atom is 0.283 e. The van der Waals surface area contributed by atoms with Crippen LogP contribution in [0.4, 0.5) is 5.69 Å². The molecule has 4 N–H and O–H groups in total. The average molecular weight is 219 g/mol. The molecule has 0 saturated heterocycles. The van der Waals surface area contributed by atoms with Gasteiger partial charge in [0.2, 0.25) is 0 Å². The van der Waals surface area contributed by atoms with Gasteiger partial charge in [0, 0.05) is 6.07 Å². The van der Waals surface area contributed by atoms with Crippen LogP contribution in [-0.2, 0) is 10.1 Å². The Hall–Kier alpha value is -1.47. The van der Waals surface area contributed by atoms with E-state index in [4.69, 9.17) is 9.66 Å². The van der Waals surface area contributed by atoms with Gasteiger partial charge in [-0.2, -0.15) is 8.42 Å². The zero-order chi connectivity index (χ0) is 10.8. The maximum absolute atomic E-state index is 10.3. The quantitative estimate of drug-likeness (QED) is 0.332. The van der Waals surface area contributed by atoms with Crippen molar-refractivity contribution in [3.8, 4) is 11.5 Å². The van der Waals surface area contributed by atoms with Crippen molar-refractivity contribution in [2.45, 2.75) is 0 Å². The number of aromatic hydroxyl groups is 2. The fourth-order valence-corrected chi connectivity index (χ4v) is 1.17. The third-order valence-corrected chi connectivity index (χ3v) is 1.93. The first-order valence-electron chi connectivity index (χ1n) is 3.59. The number of benzene rings is 1. The van der Waals surface area contributed by atoms with Crippen LogP contribution in [0.5, 0.6) is 11.5 Å². The fourth-order valence-electron chi connectivity index (χ4n) is 0.835. The molecule has 0 heterocycles. The molecule has 0 saturated carbocycles. The molecule has 1 aromatic rings. The zero-order valence-electron chi connectivity index (χ0n) is 7.01. The third kappa shape index (κ3) is 3.11. The summed E-state index contributed by atoms with van der Waals surface area (Å²) in [5.74, 6) is -1.07. The Labute approximate surface area is 80.6 Å². The van der Waals surface area contributed by atoms with E-state index in [1.54, 1.807) is 0 Å². The maximum atomic E-state index is 10.3. The SMILES string of the molecule is O=S(=O)(O)CNc1cc(O)ccc1O. The average Bonchev–Trinajstić information content (AvgIpc) is 2.05. The fraction of sp³-hybridized carbons (Fsp3) is 0.143. The standard InChI is InChI=1S/C7H9NO5S/c9-5-1-2-7(10)6(3-5)8-4-14(11,12)13/h1-3,8-10H,4H2,(H,11,12,13). The zero-order valence-corrected chi connectivity index (χ0v) is 7.82. The number of phenolic OH excluding ortho intramolecular Hbond substituents is 2. The molecule has 0 aliphatic rings. The lowest BCUT2D eigenvalue weighted by Crippen LogP contribution is -2.12. The van der Waals surface area contributed by atoms with Gasteiger partial charge in [0.1, 0.15) is 17.4 Å². The van der Waals surface area contributed by atoms with Crippen molar-refractivity contribution >= 4 is 15.8 Å². The first-order chi connectivity index (χ1) is 6.38. The van der Waals surface area contributed by atoms with Crippen LogP contribution in [0.3, 0.4) is 0 Å². The van der Waals surface area contributed by atoms with Crippen LogP contribution in [0.15, 0.2) is 18.2 Å². The van der Waals surface area contributed by atoms with Crippen LogP contribution in [-0.4, -0.2) is 29.1 Å². The Bertz CT molecular complexity index is 428. The van der Waals surface area contributed by atoms with E-state index in [-0.39, 0.29) is 17.2 Å². The summed E-state index contributed by atoms with van der Waals surface area (Å²) in [7, 11) is -4.16. The predicted molar refractivity (Wildman–Crippen MR) is 49.8 cm³/mol. The Morgan fingerprint density at radius 3 is 2.50 bits per heavy atom. The van der Waals surface area contributed by atoms with Crippen LogP contribution in [0.25, 0.3) is 0 Å². The van der Waals surface area contributed by atoms with E-state index in [0.717, 1.165) is 6.07 Å². The summed E-state index contributed by atoms with van der Waals surface area (Å²) in [5, 5.41) is 20.4. The molecule has 0 bridgehead atoms. The highest BCUT2D eigenvalue weighted by Crippen LogP contribution is 2.26. The van der Waals surface area contributed by atoms with E-state index >= 15 is 0 Å². The Morgan fingerprint density at radius 2 is 1.93 bits per heavy atom. The van der Waals surface area contributed by atoms with E-state index in [2.05, 4.69) is 5.32 Å². The van der Waals surface area contributed by atoms with Crippen LogP contribution in [0, 0.1) is 0 Å². The smallest absolute Gasteiger partial charge is 0.283 e. The van der Waals surface area contributed by atoms with Crippen LogP contribution < -0.4 is 5.32 Å². The van der Waals surface area contributed by atoms with Gasteiger partial charge in [-0.25, -0.2) is 0 Å². The second kappa shape index (κ2) is 3.72. The molecule has 0 aliphatic heterocycles. The van der Waals surface area contributed by atoms with Crippen LogP contribution in [0.2, 0.25) is 0 Å². The highest BCUT2D eigenvalue weighted by Gasteiger charge is 2.07. The molecular weight excluding hydrogens is 210 g/mol. The van der Waals surface area contributed by atoms with Crippen LogP contribution >= 0.6 is 0 Å². The summed E-state index contributed by atoms with van der Waals surface area (Å²) in [6, 6.07) is 3.58. The summed E-state index contributed by atoms with van der Waals surface area (Å²) in [4.78, 5) is 0. The lowest BCUT2D eigenvalue weighted by Gasteiger charge is -2.06. The first kappa shape index (κ1) is 10.6. The van der Waals surface area contributed by atoms with Crippen molar-refractivity contribution in [3.05, 3.63) is 18.2 Å². The summed E-state index contributed by atoms with van der Waals surface area (Å²) < 4.78 is 29.1. The summed E-state index contributed by atoms with van der Waals surface area (Å²) in [6.07, 6.45) is 0. The predicted octanol–water partition coefficient (Wildman–Crippen LogP) is 0.355. The third-order valence-electron chi connectivity index (χ3n) is 1.43. The molecule has 0 atom stereocenters. The molecule has 0 amide bonds. The number of phenols is 2. The van der Waals surface area contributed by atoms with Crippen molar-refractivity contribution in [1.29, 1.82) is 0 Å². The van der Waals surface area contributed by atoms with Crippen molar-refractivity contribution in [2.75, 3.05) is 11.2 Å². The molecule has 7 heteroatoms. The van der Waals surface area contributed by atoms with Gasteiger partial charge in [0.25, 0.3) is 10.1 Å². The molecule has 1 rings (SSSR count). The Kier molecular flexibility index (Phi) is 2.82. The minimum atomic E-state index is -4.16. The highest BCUT2D eigenvalue weighted by atomic mass is 32.2. The van der Waals surface area contributed by atoms with Crippen molar-refractivity contribution in [3.63, 3.8) is 0 Å². The summed E-state index contributed by atoms with van der Waals surface area (Å²) in [5.41, 5.74) is 0.0302. The molecule has 0 aromatic heterocycles. The number of nitrogens with one attached hydrogen (secondary N) is 1. The van der Waals surface area contributed by atoms with E-state index in [0.29, 0.717) is 0 Å². The number of hydrogen-bond acceptors (Lipinski definition) is 5. The Balaban J connectivity index is 2.81. The number of rotatable bonds is 3. The van der Waals surface area contributed by atoms with E-state index < -0.39 is 16.0 Å². The minimum absolute atomic E-state index is 0.0302. The van der Waals surface area contributed by atoms with Gasteiger partial charge in [-0.05, 0) is 12.1 Å². The lowest BCUT2D eigenvalue weighted by molar-refractivity contribution is 0.461. The van der Waals surface area contributed by atoms with Gasteiger partial charge in [-0.15, -0.1) is 0 Å². The molecule has 6 nitrogen and oxygen atoms in total. The van der Waals surface area contributed by atoms with Gasteiger partial charge >= 0.3 is 0 Å². The van der Waals surface area contributed by atoms with Crippen molar-refractivity contribution in [1.82, 2.24) is 0 Å². The molecule has 0 fully saturated rings. The molecule has 1 aromatic carbocycles. The molecule has 78 valence electrons. The van der Waals surface area contributed by atoms with Gasteiger partial charge < -0.3 is 15.5 Å². The molecule has 14 heavy (non-hydrogen) atoms. The summed E-state index contributed by atoms with van der Waals surface area (Å²) >= 11 is 0. The topological polar surface area (TPSA) is 107 Å². The first-order valence-corrected chi connectivity index (χ1v) is 5.20. The monoisotopic (exact) mass is 219 g/mol. The van der Waals surface area contributed by atoms with E-state index in [1.165, 1.54) is 12.1 Å². The van der Waals surface area contributed by atoms with Gasteiger partial charge in [-0.1, -0.05) is 0 Å². The normalized spacial score (nSPS) is 11.2. The Morgan fingerprint density at radius 1 is 1.29 bits per heavy atom. The summed E-state index contributed by atoms with van der Waals surface area (Å²) in [6.45, 7) is 0. The van der Waals surface area contributed by atoms with Gasteiger partial charge in [-0.3, -0.25) is 4.55 Å². The second-order valence-electron chi connectivity index (χ2n) is 2.60. The second-order valence-corrected chi connectivity index (χ2v) is 4.06. The minimum Gasteiger partial charge on any atom is -0.508 e. The molecule has 0 unspecified atom stereocenters. The van der Waals surface area contributed by atoms with Crippen molar-refractivity contribution < 1.29 is 23.2 Å². The molecule has 0 spiro atoms. The van der Waals surface area contributed by atoms with E-state index in [1.807, 2.05) is 0 Å². The van der Waals surface area contributed by atoms with Gasteiger partial charge in [0.15, 0.2) is 0 Å². The highest BCUT2D eigenvalue weighted by molar-refractivity contribution is 7.85. The molecular formula is C7H9NO5S. The van der Waals surface area contributed by atoms with Gasteiger partial charge in [0.05, 0.1) is 5.69 Å². The molecule has 0 aliphatic carbocycles.